The lowest BCUT2D eigenvalue weighted by atomic mass is 10.1. The number of nitrogens with one attached hydrogen (secondary N) is 1. The quantitative estimate of drug-likeness (QED) is 0.700. The highest BCUT2D eigenvalue weighted by Gasteiger charge is 2.14. The summed E-state index contributed by atoms with van der Waals surface area (Å²) in [5.74, 6) is -0.679. The van der Waals surface area contributed by atoms with E-state index in [1.165, 1.54) is 19.2 Å². The third kappa shape index (κ3) is 3.21. The maximum Gasteiger partial charge on any atom is 0.248 e. The van der Waals surface area contributed by atoms with Gasteiger partial charge >= 0.3 is 0 Å². The molecule has 6 nitrogen and oxygen atoms in total. The Hall–Kier alpha value is -2.08. The number of primary amides is 1. The van der Waals surface area contributed by atoms with Crippen LogP contribution in [0.25, 0.3) is 0 Å². The Kier molecular flexibility index (Phi) is 4.67. The molecule has 5 N–H and O–H groups in total. The van der Waals surface area contributed by atoms with Crippen molar-refractivity contribution in [3.63, 3.8) is 0 Å². The van der Waals surface area contributed by atoms with Gasteiger partial charge in [-0.05, 0) is 18.2 Å². The number of anilines is 1. The third-order valence-corrected chi connectivity index (χ3v) is 2.54. The molecule has 0 aliphatic rings. The highest BCUT2D eigenvalue weighted by atomic mass is 16.5. The number of rotatable bonds is 5. The number of benzene rings is 1. The third-order valence-electron chi connectivity index (χ3n) is 2.54. The van der Waals surface area contributed by atoms with Crippen LogP contribution in [0.4, 0.5) is 5.69 Å². The van der Waals surface area contributed by atoms with Crippen LogP contribution >= 0.6 is 0 Å². The summed E-state index contributed by atoms with van der Waals surface area (Å²) in [6.07, 6.45) is 0. The lowest BCUT2D eigenvalue weighted by molar-refractivity contribution is -0.119. The minimum Gasteiger partial charge on any atom is -0.495 e. The van der Waals surface area contributed by atoms with Crippen LogP contribution in [0.1, 0.15) is 17.3 Å². The Bertz CT molecular complexity index is 460. The maximum atomic E-state index is 11.7. The van der Waals surface area contributed by atoms with Gasteiger partial charge in [-0.2, -0.15) is 0 Å². The number of amides is 2. The van der Waals surface area contributed by atoms with Gasteiger partial charge in [0, 0.05) is 18.0 Å². The van der Waals surface area contributed by atoms with Gasteiger partial charge in [0.25, 0.3) is 0 Å². The molecule has 1 aromatic carbocycles. The predicted molar refractivity (Wildman–Crippen MR) is 68.4 cm³/mol. The lowest BCUT2D eigenvalue weighted by Crippen LogP contribution is -2.27. The first kappa shape index (κ1) is 14.0. The number of hydrogen-bond acceptors (Lipinski definition) is 4. The molecular formula is C12H17N3O3. The van der Waals surface area contributed by atoms with Gasteiger partial charge in [-0.1, -0.05) is 6.92 Å². The first-order chi connectivity index (χ1) is 8.49. The van der Waals surface area contributed by atoms with Crippen molar-refractivity contribution in [2.24, 2.45) is 17.4 Å². The van der Waals surface area contributed by atoms with Crippen LogP contribution in [0, 0.1) is 5.92 Å². The standard InChI is InChI=1S/C12H17N3O3/c1-7(6-13)12(17)15-9-5-8(11(14)16)3-4-10(9)18-2/h3-5,7H,6,13H2,1-2H3,(H2,14,16)(H,15,17). The second kappa shape index (κ2) is 6.02. The van der Waals surface area contributed by atoms with Crippen molar-refractivity contribution in [2.75, 3.05) is 19.0 Å². The molecule has 0 radical (unpaired) electrons. The summed E-state index contributed by atoms with van der Waals surface area (Å²) in [5, 5.41) is 2.66. The van der Waals surface area contributed by atoms with Gasteiger partial charge in [0.15, 0.2) is 0 Å². The second-order valence-electron chi connectivity index (χ2n) is 3.91. The minimum atomic E-state index is -0.569. The average molecular weight is 251 g/mol. The zero-order valence-corrected chi connectivity index (χ0v) is 10.4. The zero-order valence-electron chi connectivity index (χ0n) is 10.4. The SMILES string of the molecule is COc1ccc(C(N)=O)cc1NC(=O)C(C)CN. The van der Waals surface area contributed by atoms with E-state index in [-0.39, 0.29) is 18.4 Å². The van der Waals surface area contributed by atoms with E-state index < -0.39 is 5.91 Å². The van der Waals surface area contributed by atoms with E-state index in [0.717, 1.165) is 0 Å². The van der Waals surface area contributed by atoms with Gasteiger partial charge in [-0.25, -0.2) is 0 Å². The molecule has 0 spiro atoms. The number of ether oxygens (including phenoxy) is 1. The minimum absolute atomic E-state index is 0.238. The first-order valence-corrected chi connectivity index (χ1v) is 5.48. The summed E-state index contributed by atoms with van der Waals surface area (Å²) in [5.41, 5.74) is 11.3. The molecule has 0 fully saturated rings. The summed E-state index contributed by atoms with van der Waals surface area (Å²) in [6, 6.07) is 4.58. The first-order valence-electron chi connectivity index (χ1n) is 5.48. The molecule has 0 saturated heterocycles. The van der Waals surface area contributed by atoms with E-state index >= 15 is 0 Å². The van der Waals surface area contributed by atoms with E-state index in [1.54, 1.807) is 13.0 Å². The number of hydrogen-bond donors (Lipinski definition) is 3. The fraction of sp³-hybridized carbons (Fsp3) is 0.333. The monoisotopic (exact) mass is 251 g/mol. The molecule has 6 heteroatoms. The molecule has 0 aromatic heterocycles. The van der Waals surface area contributed by atoms with Gasteiger partial charge in [0.2, 0.25) is 11.8 Å². The van der Waals surface area contributed by atoms with Gasteiger partial charge in [0.05, 0.1) is 12.8 Å². The Morgan fingerprint density at radius 1 is 1.44 bits per heavy atom. The molecule has 1 aromatic rings. The highest BCUT2D eigenvalue weighted by Crippen LogP contribution is 2.25. The fourth-order valence-electron chi connectivity index (χ4n) is 1.32. The van der Waals surface area contributed by atoms with Crippen molar-refractivity contribution in [3.8, 4) is 5.75 Å². The molecule has 98 valence electrons. The molecule has 2 amide bonds. The van der Waals surface area contributed by atoms with Gasteiger partial charge in [0.1, 0.15) is 5.75 Å². The summed E-state index contributed by atoms with van der Waals surface area (Å²) in [4.78, 5) is 22.8. The van der Waals surface area contributed by atoms with Crippen LogP contribution in [0.15, 0.2) is 18.2 Å². The normalized spacial score (nSPS) is 11.7. The van der Waals surface area contributed by atoms with E-state index in [2.05, 4.69) is 5.32 Å². The number of nitrogens with two attached hydrogens (primary N) is 2. The van der Waals surface area contributed by atoms with Crippen LogP contribution < -0.4 is 21.5 Å². The number of methoxy groups -OCH3 is 1. The molecule has 18 heavy (non-hydrogen) atoms. The van der Waals surface area contributed by atoms with E-state index in [1.807, 2.05) is 0 Å². The average Bonchev–Trinajstić information content (AvgIpc) is 2.37. The van der Waals surface area contributed by atoms with Crippen LogP contribution in [-0.4, -0.2) is 25.5 Å². The smallest absolute Gasteiger partial charge is 0.248 e. The highest BCUT2D eigenvalue weighted by molar-refractivity contribution is 5.98. The molecular weight excluding hydrogens is 234 g/mol. The fourth-order valence-corrected chi connectivity index (χ4v) is 1.32. The molecule has 0 aliphatic carbocycles. The maximum absolute atomic E-state index is 11.7. The zero-order chi connectivity index (χ0) is 13.7. The summed E-state index contributed by atoms with van der Waals surface area (Å²) < 4.78 is 5.10. The Morgan fingerprint density at radius 3 is 2.61 bits per heavy atom. The Balaban J connectivity index is 3.01. The van der Waals surface area contributed by atoms with E-state index in [0.29, 0.717) is 17.0 Å². The van der Waals surface area contributed by atoms with E-state index in [4.69, 9.17) is 16.2 Å². The van der Waals surface area contributed by atoms with Crippen molar-refractivity contribution < 1.29 is 14.3 Å². The number of carbonyl (C=O) groups excluding carboxylic acids is 2. The molecule has 0 saturated carbocycles. The van der Waals surface area contributed by atoms with Crippen LogP contribution in [0.3, 0.4) is 0 Å². The molecule has 1 unspecified atom stereocenters. The Labute approximate surface area is 105 Å². The van der Waals surface area contributed by atoms with Gasteiger partial charge < -0.3 is 21.5 Å². The molecule has 1 rings (SSSR count). The number of carbonyl (C=O) groups is 2. The van der Waals surface area contributed by atoms with Crippen LogP contribution in [0.2, 0.25) is 0 Å². The summed E-state index contributed by atoms with van der Waals surface area (Å²) in [6.45, 7) is 1.95. The van der Waals surface area contributed by atoms with Crippen LogP contribution in [-0.2, 0) is 4.79 Å². The van der Waals surface area contributed by atoms with Gasteiger partial charge in [-0.15, -0.1) is 0 Å². The van der Waals surface area contributed by atoms with Crippen molar-refractivity contribution in [1.82, 2.24) is 0 Å². The molecule has 1 atom stereocenters. The van der Waals surface area contributed by atoms with Crippen molar-refractivity contribution in [3.05, 3.63) is 23.8 Å². The summed E-state index contributed by atoms with van der Waals surface area (Å²) >= 11 is 0. The molecule has 0 bridgehead atoms. The summed E-state index contributed by atoms with van der Waals surface area (Å²) in [7, 11) is 1.47. The topological polar surface area (TPSA) is 107 Å². The predicted octanol–water partition coefficient (Wildman–Crippen LogP) is 0.327. The van der Waals surface area contributed by atoms with Gasteiger partial charge in [-0.3, -0.25) is 9.59 Å². The molecule has 0 heterocycles. The lowest BCUT2D eigenvalue weighted by Gasteiger charge is -2.13. The molecule has 0 aliphatic heterocycles. The Morgan fingerprint density at radius 2 is 2.11 bits per heavy atom. The van der Waals surface area contributed by atoms with Crippen molar-refractivity contribution in [2.45, 2.75) is 6.92 Å². The van der Waals surface area contributed by atoms with E-state index in [9.17, 15) is 9.59 Å². The van der Waals surface area contributed by atoms with Crippen LogP contribution in [0.5, 0.6) is 5.75 Å². The largest absolute Gasteiger partial charge is 0.495 e. The van der Waals surface area contributed by atoms with Crippen molar-refractivity contribution >= 4 is 17.5 Å². The second-order valence-corrected chi connectivity index (χ2v) is 3.91. The van der Waals surface area contributed by atoms with Crippen molar-refractivity contribution in [1.29, 1.82) is 0 Å².